The van der Waals surface area contributed by atoms with Crippen LogP contribution in [0.4, 0.5) is 0 Å². The molecule has 1 heteroatoms. The highest BCUT2D eigenvalue weighted by Crippen LogP contribution is 2.36. The van der Waals surface area contributed by atoms with E-state index in [2.05, 4.69) is 6.92 Å². The van der Waals surface area contributed by atoms with Gasteiger partial charge >= 0.3 is 0 Å². The fourth-order valence-corrected chi connectivity index (χ4v) is 2.37. The molecule has 0 N–H and O–H groups in total. The van der Waals surface area contributed by atoms with Gasteiger partial charge in [-0.25, -0.2) is 0 Å². The van der Waals surface area contributed by atoms with Crippen molar-refractivity contribution in [1.82, 2.24) is 0 Å². The predicted octanol–water partition coefficient (Wildman–Crippen LogP) is 2.86. The van der Waals surface area contributed by atoms with Crippen molar-refractivity contribution in [2.45, 2.75) is 45.4 Å². The van der Waals surface area contributed by atoms with Gasteiger partial charge in [0.15, 0.2) is 0 Å². The average Bonchev–Trinajstić information content (AvgIpc) is 2.05. The van der Waals surface area contributed by atoms with Gasteiger partial charge < -0.3 is 0 Å². The SMILES string of the molecule is CC1CCC2=C(CCC(=O)C2)C1. The van der Waals surface area contributed by atoms with Crippen LogP contribution in [0.3, 0.4) is 0 Å². The molecule has 66 valence electrons. The van der Waals surface area contributed by atoms with Crippen molar-refractivity contribution >= 4 is 5.78 Å². The fourth-order valence-electron chi connectivity index (χ4n) is 2.37. The molecule has 0 aromatic heterocycles. The van der Waals surface area contributed by atoms with Gasteiger partial charge in [-0.1, -0.05) is 18.1 Å². The summed E-state index contributed by atoms with van der Waals surface area (Å²) in [5.74, 6) is 1.32. The summed E-state index contributed by atoms with van der Waals surface area (Å²) >= 11 is 0. The molecule has 0 radical (unpaired) electrons. The van der Waals surface area contributed by atoms with E-state index >= 15 is 0 Å². The van der Waals surface area contributed by atoms with E-state index in [-0.39, 0.29) is 0 Å². The average molecular weight is 164 g/mol. The second-order valence-corrected chi connectivity index (χ2v) is 4.27. The molecule has 2 aliphatic rings. The topological polar surface area (TPSA) is 17.1 Å². The predicted molar refractivity (Wildman–Crippen MR) is 48.9 cm³/mol. The molecule has 2 aliphatic carbocycles. The smallest absolute Gasteiger partial charge is 0.137 e. The van der Waals surface area contributed by atoms with Crippen LogP contribution < -0.4 is 0 Å². The first-order valence-electron chi connectivity index (χ1n) is 4.97. The van der Waals surface area contributed by atoms with Gasteiger partial charge in [0.25, 0.3) is 0 Å². The van der Waals surface area contributed by atoms with E-state index in [4.69, 9.17) is 0 Å². The maximum atomic E-state index is 11.2. The van der Waals surface area contributed by atoms with Crippen LogP contribution in [0.2, 0.25) is 0 Å². The van der Waals surface area contributed by atoms with Crippen LogP contribution in [0.15, 0.2) is 11.1 Å². The third-order valence-corrected chi connectivity index (χ3v) is 3.15. The van der Waals surface area contributed by atoms with Gasteiger partial charge in [-0.2, -0.15) is 0 Å². The molecule has 1 nitrogen and oxygen atoms in total. The van der Waals surface area contributed by atoms with Gasteiger partial charge in [0.05, 0.1) is 0 Å². The molecule has 1 atom stereocenters. The summed E-state index contributed by atoms with van der Waals surface area (Å²) in [6.07, 6.45) is 6.42. The molecule has 2 rings (SSSR count). The summed E-state index contributed by atoms with van der Waals surface area (Å²) in [6.45, 7) is 2.32. The van der Waals surface area contributed by atoms with Crippen LogP contribution in [0.25, 0.3) is 0 Å². The first-order chi connectivity index (χ1) is 5.75. The Balaban J connectivity index is 2.16. The summed E-state index contributed by atoms with van der Waals surface area (Å²) in [6, 6.07) is 0. The van der Waals surface area contributed by atoms with Gasteiger partial charge in [-0.15, -0.1) is 0 Å². The minimum atomic E-state index is 0.461. The molecule has 0 bridgehead atoms. The number of Topliss-reactive ketones (excluding diaryl/α,β-unsaturated/α-hetero) is 1. The van der Waals surface area contributed by atoms with E-state index in [1.54, 1.807) is 5.57 Å². The molecule has 12 heavy (non-hydrogen) atoms. The highest BCUT2D eigenvalue weighted by Gasteiger charge is 2.23. The van der Waals surface area contributed by atoms with Crippen molar-refractivity contribution < 1.29 is 4.79 Å². The van der Waals surface area contributed by atoms with Gasteiger partial charge in [0.2, 0.25) is 0 Å². The molecular weight excluding hydrogens is 148 g/mol. The second-order valence-electron chi connectivity index (χ2n) is 4.27. The number of carbonyl (C=O) groups excluding carboxylic acids is 1. The van der Waals surface area contributed by atoms with E-state index in [0.717, 1.165) is 25.2 Å². The van der Waals surface area contributed by atoms with Crippen LogP contribution in [-0.2, 0) is 4.79 Å². The first-order valence-corrected chi connectivity index (χ1v) is 4.97. The number of allylic oxidation sites excluding steroid dienone is 2. The molecule has 0 aliphatic heterocycles. The van der Waals surface area contributed by atoms with E-state index in [0.29, 0.717) is 5.78 Å². The minimum Gasteiger partial charge on any atom is -0.299 e. The lowest BCUT2D eigenvalue weighted by Crippen LogP contribution is -2.16. The van der Waals surface area contributed by atoms with Gasteiger partial charge in [0, 0.05) is 12.8 Å². The van der Waals surface area contributed by atoms with Crippen molar-refractivity contribution in [1.29, 1.82) is 0 Å². The number of carbonyl (C=O) groups is 1. The highest BCUT2D eigenvalue weighted by molar-refractivity contribution is 5.82. The van der Waals surface area contributed by atoms with Crippen molar-refractivity contribution in [2.75, 3.05) is 0 Å². The zero-order chi connectivity index (χ0) is 8.55. The highest BCUT2D eigenvalue weighted by atomic mass is 16.1. The number of hydrogen-bond donors (Lipinski definition) is 0. The third kappa shape index (κ3) is 1.45. The number of hydrogen-bond acceptors (Lipinski definition) is 1. The van der Waals surface area contributed by atoms with Crippen LogP contribution in [0.1, 0.15) is 45.4 Å². The van der Waals surface area contributed by atoms with E-state index < -0.39 is 0 Å². The molecule has 0 saturated heterocycles. The van der Waals surface area contributed by atoms with E-state index in [1.165, 1.54) is 24.8 Å². The summed E-state index contributed by atoms with van der Waals surface area (Å²) in [4.78, 5) is 11.2. The number of ketones is 1. The van der Waals surface area contributed by atoms with Crippen LogP contribution in [0, 0.1) is 5.92 Å². The third-order valence-electron chi connectivity index (χ3n) is 3.15. The maximum absolute atomic E-state index is 11.2. The molecule has 0 saturated carbocycles. The Morgan fingerprint density at radius 2 is 2.00 bits per heavy atom. The molecule has 0 fully saturated rings. The summed E-state index contributed by atoms with van der Waals surface area (Å²) in [5.41, 5.74) is 3.11. The zero-order valence-corrected chi connectivity index (χ0v) is 7.73. The normalized spacial score (nSPS) is 30.4. The Morgan fingerprint density at radius 3 is 2.83 bits per heavy atom. The first kappa shape index (κ1) is 8.03. The molecule has 1 unspecified atom stereocenters. The largest absolute Gasteiger partial charge is 0.299 e. The summed E-state index contributed by atoms with van der Waals surface area (Å²) < 4.78 is 0. The molecule has 0 aromatic carbocycles. The standard InChI is InChI=1S/C11H16O/c1-8-2-3-10-7-11(12)5-4-9(10)6-8/h8H,2-7H2,1H3. The van der Waals surface area contributed by atoms with E-state index in [1.807, 2.05) is 0 Å². The van der Waals surface area contributed by atoms with Gasteiger partial charge in [-0.3, -0.25) is 4.79 Å². The van der Waals surface area contributed by atoms with Crippen LogP contribution in [0.5, 0.6) is 0 Å². The summed E-state index contributed by atoms with van der Waals surface area (Å²) in [7, 11) is 0. The monoisotopic (exact) mass is 164 g/mol. The lowest BCUT2D eigenvalue weighted by atomic mass is 9.78. The lowest BCUT2D eigenvalue weighted by Gasteiger charge is -2.27. The minimum absolute atomic E-state index is 0.461. The Kier molecular flexibility index (Phi) is 2.03. The Morgan fingerprint density at radius 1 is 1.17 bits per heavy atom. The van der Waals surface area contributed by atoms with E-state index in [9.17, 15) is 4.79 Å². The Labute approximate surface area is 73.8 Å². The summed E-state index contributed by atoms with van der Waals surface area (Å²) in [5, 5.41) is 0. The van der Waals surface area contributed by atoms with Crippen molar-refractivity contribution in [3.63, 3.8) is 0 Å². The van der Waals surface area contributed by atoms with Crippen molar-refractivity contribution in [3.8, 4) is 0 Å². The van der Waals surface area contributed by atoms with Gasteiger partial charge in [0.1, 0.15) is 5.78 Å². The van der Waals surface area contributed by atoms with Crippen LogP contribution in [-0.4, -0.2) is 5.78 Å². The van der Waals surface area contributed by atoms with Crippen molar-refractivity contribution in [2.24, 2.45) is 5.92 Å². The molecular formula is C11H16O. The number of rotatable bonds is 0. The van der Waals surface area contributed by atoms with Crippen molar-refractivity contribution in [3.05, 3.63) is 11.1 Å². The fraction of sp³-hybridized carbons (Fsp3) is 0.727. The lowest BCUT2D eigenvalue weighted by molar-refractivity contribution is -0.118. The quantitative estimate of drug-likeness (QED) is 0.503. The molecule has 0 aromatic rings. The molecule has 0 spiro atoms. The van der Waals surface area contributed by atoms with Gasteiger partial charge in [-0.05, 0) is 31.6 Å². The Bertz CT molecular complexity index is 237. The van der Waals surface area contributed by atoms with Crippen LogP contribution >= 0.6 is 0 Å². The maximum Gasteiger partial charge on any atom is 0.137 e. The second kappa shape index (κ2) is 3.04. The molecule has 0 heterocycles. The molecule has 0 amide bonds. The zero-order valence-electron chi connectivity index (χ0n) is 7.73. The Hall–Kier alpha value is -0.590.